The Kier molecular flexibility index (Phi) is 6.13. The lowest BCUT2D eigenvalue weighted by atomic mass is 9.76. The zero-order chi connectivity index (χ0) is 19.5. The molecule has 150 valence electrons. The summed E-state index contributed by atoms with van der Waals surface area (Å²) in [7, 11) is 0. The average molecular weight is 383 g/mol. The molecule has 0 saturated heterocycles. The molecule has 1 unspecified atom stereocenters. The van der Waals surface area contributed by atoms with E-state index in [1.165, 1.54) is 62.1 Å². The minimum absolute atomic E-state index is 0.413. The Morgan fingerprint density at radius 3 is 2.18 bits per heavy atom. The van der Waals surface area contributed by atoms with Crippen molar-refractivity contribution in [1.29, 1.82) is 0 Å². The molecule has 1 saturated carbocycles. The molecule has 2 aliphatic carbocycles. The smallest absolute Gasteiger partial charge is 0.162 e. The fourth-order valence-electron chi connectivity index (χ4n) is 5.38. The van der Waals surface area contributed by atoms with Gasteiger partial charge in [-0.05, 0) is 91.0 Å². The summed E-state index contributed by atoms with van der Waals surface area (Å²) in [4.78, 5) is 0. The van der Waals surface area contributed by atoms with E-state index in [1.54, 1.807) is 6.07 Å². The molecule has 2 aliphatic rings. The van der Waals surface area contributed by atoms with Gasteiger partial charge in [-0.25, -0.2) is 8.78 Å². The van der Waals surface area contributed by atoms with Gasteiger partial charge in [0.25, 0.3) is 0 Å². The van der Waals surface area contributed by atoms with Crippen LogP contribution in [0.2, 0.25) is 0 Å². The molecule has 2 heteroatoms. The van der Waals surface area contributed by atoms with Gasteiger partial charge in [0.2, 0.25) is 0 Å². The number of fused-ring (bicyclic) bond motifs is 1. The number of hydrogen-bond donors (Lipinski definition) is 0. The molecule has 4 rings (SSSR count). The van der Waals surface area contributed by atoms with E-state index in [0.29, 0.717) is 17.9 Å². The van der Waals surface area contributed by atoms with Crippen molar-refractivity contribution in [3.63, 3.8) is 0 Å². The van der Waals surface area contributed by atoms with E-state index in [2.05, 4.69) is 31.2 Å². The van der Waals surface area contributed by atoms with Crippen LogP contribution in [0.1, 0.15) is 92.4 Å². The Balaban J connectivity index is 1.38. The SMILES string of the molecule is CCCCC1CCC(c2ccc(C3CCc4c(ccc(F)c4F)C3)cc2)CC1. The van der Waals surface area contributed by atoms with Gasteiger partial charge in [0.1, 0.15) is 0 Å². The topological polar surface area (TPSA) is 0 Å². The van der Waals surface area contributed by atoms with E-state index >= 15 is 0 Å². The molecule has 0 nitrogen and oxygen atoms in total. The van der Waals surface area contributed by atoms with Gasteiger partial charge in [-0.2, -0.15) is 0 Å². The van der Waals surface area contributed by atoms with Crippen LogP contribution in [0.25, 0.3) is 0 Å². The zero-order valence-electron chi connectivity index (χ0n) is 17.0. The summed E-state index contributed by atoms with van der Waals surface area (Å²) in [5.41, 5.74) is 4.40. The highest BCUT2D eigenvalue weighted by molar-refractivity contribution is 5.36. The lowest BCUT2D eigenvalue weighted by Crippen LogP contribution is -2.15. The molecule has 2 aromatic carbocycles. The maximum atomic E-state index is 14.0. The standard InChI is InChI=1S/C26H32F2/c1-2-3-4-18-5-7-19(8-6-18)20-9-11-21(12-10-20)22-13-15-24-23(17-22)14-16-25(27)26(24)28/h9-12,14,16,18-19,22H,2-8,13,15,17H2,1H3. The van der Waals surface area contributed by atoms with Crippen molar-refractivity contribution in [2.45, 2.75) is 83.0 Å². The summed E-state index contributed by atoms with van der Waals surface area (Å²) in [6, 6.07) is 12.3. The first-order valence-electron chi connectivity index (χ1n) is 11.2. The number of hydrogen-bond acceptors (Lipinski definition) is 0. The summed E-state index contributed by atoms with van der Waals surface area (Å²) in [6.45, 7) is 2.28. The summed E-state index contributed by atoms with van der Waals surface area (Å²) >= 11 is 0. The Hall–Kier alpha value is -1.70. The van der Waals surface area contributed by atoms with Gasteiger partial charge < -0.3 is 0 Å². The van der Waals surface area contributed by atoms with Gasteiger partial charge in [-0.15, -0.1) is 0 Å². The van der Waals surface area contributed by atoms with Gasteiger partial charge >= 0.3 is 0 Å². The lowest BCUT2D eigenvalue weighted by molar-refractivity contribution is 0.304. The third kappa shape index (κ3) is 4.16. The van der Waals surface area contributed by atoms with Gasteiger partial charge in [0, 0.05) is 0 Å². The Labute approximate surface area is 168 Å². The molecular formula is C26H32F2. The minimum atomic E-state index is -0.717. The first-order chi connectivity index (χ1) is 13.7. The van der Waals surface area contributed by atoms with Crippen LogP contribution in [0.5, 0.6) is 0 Å². The Bertz CT molecular complexity index is 785. The van der Waals surface area contributed by atoms with Crippen molar-refractivity contribution in [2.24, 2.45) is 5.92 Å². The predicted octanol–water partition coefficient (Wildman–Crippen LogP) is 7.70. The van der Waals surface area contributed by atoms with E-state index in [4.69, 9.17) is 0 Å². The summed E-state index contributed by atoms with van der Waals surface area (Å²) in [5.74, 6) is 0.724. The summed E-state index contributed by atoms with van der Waals surface area (Å²) < 4.78 is 27.5. The van der Waals surface area contributed by atoms with Gasteiger partial charge in [0.05, 0.1) is 0 Å². The molecule has 0 radical (unpaired) electrons. The fourth-order valence-corrected chi connectivity index (χ4v) is 5.38. The maximum Gasteiger partial charge on any atom is 0.162 e. The monoisotopic (exact) mass is 382 g/mol. The number of halogens is 2. The Morgan fingerprint density at radius 1 is 0.821 bits per heavy atom. The third-order valence-corrected chi connectivity index (χ3v) is 7.19. The highest BCUT2D eigenvalue weighted by atomic mass is 19.2. The van der Waals surface area contributed by atoms with Crippen LogP contribution >= 0.6 is 0 Å². The number of benzene rings is 2. The van der Waals surface area contributed by atoms with E-state index in [-0.39, 0.29) is 0 Å². The molecule has 1 fully saturated rings. The first kappa shape index (κ1) is 19.6. The average Bonchev–Trinajstić information content (AvgIpc) is 2.75. The highest BCUT2D eigenvalue weighted by Crippen LogP contribution is 2.39. The Morgan fingerprint density at radius 2 is 1.50 bits per heavy atom. The summed E-state index contributed by atoms with van der Waals surface area (Å²) in [6.07, 6.45) is 11.9. The van der Waals surface area contributed by atoms with Gasteiger partial charge in [-0.3, -0.25) is 0 Å². The molecule has 28 heavy (non-hydrogen) atoms. The van der Waals surface area contributed by atoms with Crippen LogP contribution in [-0.4, -0.2) is 0 Å². The third-order valence-electron chi connectivity index (χ3n) is 7.19. The van der Waals surface area contributed by atoms with E-state index < -0.39 is 11.6 Å². The van der Waals surface area contributed by atoms with Crippen LogP contribution in [0.3, 0.4) is 0 Å². The van der Waals surface area contributed by atoms with Gasteiger partial charge in [-0.1, -0.05) is 56.5 Å². The first-order valence-corrected chi connectivity index (χ1v) is 11.2. The van der Waals surface area contributed by atoms with Gasteiger partial charge in [0.15, 0.2) is 11.6 Å². The van der Waals surface area contributed by atoms with E-state index in [1.807, 2.05) is 0 Å². The molecule has 0 bridgehead atoms. The molecule has 0 aliphatic heterocycles. The van der Waals surface area contributed by atoms with Crippen molar-refractivity contribution < 1.29 is 8.78 Å². The van der Waals surface area contributed by atoms with E-state index in [9.17, 15) is 8.78 Å². The molecule has 0 spiro atoms. The largest absolute Gasteiger partial charge is 0.204 e. The minimum Gasteiger partial charge on any atom is -0.204 e. The van der Waals surface area contributed by atoms with Crippen molar-refractivity contribution in [1.82, 2.24) is 0 Å². The number of unbranched alkanes of at least 4 members (excludes halogenated alkanes) is 1. The predicted molar refractivity (Wildman–Crippen MR) is 112 cm³/mol. The van der Waals surface area contributed by atoms with E-state index in [0.717, 1.165) is 30.2 Å². The molecule has 0 amide bonds. The maximum absolute atomic E-state index is 14.0. The molecule has 0 N–H and O–H groups in total. The normalized spacial score (nSPS) is 24.8. The van der Waals surface area contributed by atoms with Crippen LogP contribution in [-0.2, 0) is 12.8 Å². The molecule has 2 aromatic rings. The second-order valence-corrected chi connectivity index (χ2v) is 8.97. The van der Waals surface area contributed by atoms with Crippen LogP contribution in [0.4, 0.5) is 8.78 Å². The van der Waals surface area contributed by atoms with Crippen molar-refractivity contribution in [3.8, 4) is 0 Å². The lowest BCUT2D eigenvalue weighted by Gasteiger charge is -2.29. The molecule has 0 heterocycles. The second kappa shape index (κ2) is 8.76. The second-order valence-electron chi connectivity index (χ2n) is 8.97. The molecule has 1 atom stereocenters. The van der Waals surface area contributed by atoms with Crippen LogP contribution < -0.4 is 0 Å². The number of rotatable bonds is 5. The quantitative estimate of drug-likeness (QED) is 0.497. The molecule has 0 aromatic heterocycles. The highest BCUT2D eigenvalue weighted by Gasteiger charge is 2.25. The van der Waals surface area contributed by atoms with Crippen molar-refractivity contribution in [3.05, 3.63) is 70.3 Å². The fraction of sp³-hybridized carbons (Fsp3) is 0.538. The summed E-state index contributed by atoms with van der Waals surface area (Å²) in [5, 5.41) is 0. The van der Waals surface area contributed by atoms with Crippen LogP contribution in [0, 0.1) is 17.6 Å². The van der Waals surface area contributed by atoms with Crippen molar-refractivity contribution in [2.75, 3.05) is 0 Å². The molecular weight excluding hydrogens is 350 g/mol. The zero-order valence-corrected chi connectivity index (χ0v) is 17.0. The van der Waals surface area contributed by atoms with Crippen molar-refractivity contribution >= 4 is 0 Å². The van der Waals surface area contributed by atoms with Crippen LogP contribution in [0.15, 0.2) is 36.4 Å².